The molecule has 0 saturated heterocycles. The average Bonchev–Trinajstić information content (AvgIpc) is 2.42. The fourth-order valence-electron chi connectivity index (χ4n) is 2.63. The maximum atomic E-state index is 6.14. The summed E-state index contributed by atoms with van der Waals surface area (Å²) in [6.07, 6.45) is 4.53. The van der Waals surface area contributed by atoms with Crippen molar-refractivity contribution in [2.45, 2.75) is 37.8 Å². The summed E-state index contributed by atoms with van der Waals surface area (Å²) in [5, 5.41) is 3.37. The van der Waals surface area contributed by atoms with Gasteiger partial charge in [-0.2, -0.15) is 0 Å². The Labute approximate surface area is 112 Å². The molecular formula is C14H19N5. The molecule has 1 heterocycles. The minimum absolute atomic E-state index is 0.168. The van der Waals surface area contributed by atoms with Crippen LogP contribution in [-0.2, 0) is 0 Å². The highest BCUT2D eigenvalue weighted by Gasteiger charge is 2.22. The van der Waals surface area contributed by atoms with E-state index in [0.717, 1.165) is 23.9 Å². The van der Waals surface area contributed by atoms with Crippen LogP contribution in [0.15, 0.2) is 24.3 Å². The summed E-state index contributed by atoms with van der Waals surface area (Å²) >= 11 is 0. The van der Waals surface area contributed by atoms with Gasteiger partial charge in [-0.3, -0.25) is 0 Å². The number of aromatic nitrogens is 2. The monoisotopic (exact) mass is 257 g/mol. The van der Waals surface area contributed by atoms with Crippen LogP contribution in [0, 0.1) is 0 Å². The van der Waals surface area contributed by atoms with Crippen molar-refractivity contribution in [3.63, 3.8) is 0 Å². The molecule has 3 rings (SSSR count). The molecule has 5 heteroatoms. The Balaban J connectivity index is 1.89. The fourth-order valence-corrected chi connectivity index (χ4v) is 2.63. The van der Waals surface area contributed by atoms with Crippen LogP contribution in [0.2, 0.25) is 0 Å². The van der Waals surface area contributed by atoms with Crippen LogP contribution in [0.1, 0.15) is 25.7 Å². The number of hydrogen-bond donors (Lipinski definition) is 3. The van der Waals surface area contributed by atoms with Gasteiger partial charge in [-0.05, 0) is 25.0 Å². The molecule has 1 aliphatic carbocycles. The maximum Gasteiger partial charge on any atom is 0.169 e. The second-order valence-corrected chi connectivity index (χ2v) is 5.15. The lowest BCUT2D eigenvalue weighted by atomic mass is 9.91. The first kappa shape index (κ1) is 12.2. The predicted molar refractivity (Wildman–Crippen MR) is 77.8 cm³/mol. The summed E-state index contributed by atoms with van der Waals surface area (Å²) in [6, 6.07) is 8.14. The van der Waals surface area contributed by atoms with Crippen LogP contribution in [0.4, 0.5) is 11.6 Å². The summed E-state index contributed by atoms with van der Waals surface area (Å²) in [7, 11) is 0. The first-order valence-corrected chi connectivity index (χ1v) is 6.78. The van der Waals surface area contributed by atoms with E-state index in [1.54, 1.807) is 0 Å². The number of nitrogens with two attached hydrogens (primary N) is 2. The first-order valence-electron chi connectivity index (χ1n) is 6.78. The van der Waals surface area contributed by atoms with Crippen LogP contribution < -0.4 is 16.8 Å². The van der Waals surface area contributed by atoms with Gasteiger partial charge in [0, 0.05) is 12.1 Å². The van der Waals surface area contributed by atoms with Gasteiger partial charge in [0.2, 0.25) is 0 Å². The van der Waals surface area contributed by atoms with Crippen molar-refractivity contribution in [2.75, 3.05) is 11.1 Å². The Morgan fingerprint density at radius 3 is 2.47 bits per heavy atom. The molecule has 19 heavy (non-hydrogen) atoms. The summed E-state index contributed by atoms with van der Waals surface area (Å²) in [4.78, 5) is 8.93. The molecule has 1 aliphatic rings. The summed E-state index contributed by atoms with van der Waals surface area (Å²) in [5.41, 5.74) is 13.8. The highest BCUT2D eigenvalue weighted by Crippen LogP contribution is 2.24. The summed E-state index contributed by atoms with van der Waals surface area (Å²) < 4.78 is 0. The van der Waals surface area contributed by atoms with Gasteiger partial charge in [0.1, 0.15) is 0 Å². The minimum atomic E-state index is 0.168. The van der Waals surface area contributed by atoms with Crippen molar-refractivity contribution in [3.05, 3.63) is 24.3 Å². The average molecular weight is 257 g/mol. The van der Waals surface area contributed by atoms with Crippen LogP contribution in [0.3, 0.4) is 0 Å². The topological polar surface area (TPSA) is 89.8 Å². The van der Waals surface area contributed by atoms with Gasteiger partial charge in [0.25, 0.3) is 0 Å². The molecule has 5 N–H and O–H groups in total. The van der Waals surface area contributed by atoms with Crippen molar-refractivity contribution in [1.82, 2.24) is 9.97 Å². The lowest BCUT2D eigenvalue weighted by molar-refractivity contribution is 0.403. The van der Waals surface area contributed by atoms with Gasteiger partial charge in [-0.15, -0.1) is 0 Å². The van der Waals surface area contributed by atoms with E-state index < -0.39 is 0 Å². The zero-order chi connectivity index (χ0) is 13.2. The van der Waals surface area contributed by atoms with E-state index in [9.17, 15) is 0 Å². The fraction of sp³-hybridized carbons (Fsp3) is 0.429. The SMILES string of the molecule is Nc1nc2ccccc2nc1N[C@@H]1CCCC[C@H]1N. The second kappa shape index (κ2) is 5.01. The maximum absolute atomic E-state index is 6.14. The Bertz CT molecular complexity index is 583. The number of nitrogens with one attached hydrogen (secondary N) is 1. The molecule has 1 saturated carbocycles. The highest BCUT2D eigenvalue weighted by atomic mass is 15.1. The molecule has 2 atom stereocenters. The number of nitrogens with zero attached hydrogens (tertiary/aromatic N) is 2. The predicted octanol–water partition coefficient (Wildman–Crippen LogP) is 1.89. The molecule has 100 valence electrons. The molecule has 0 bridgehead atoms. The number of benzene rings is 1. The third-order valence-electron chi connectivity index (χ3n) is 3.74. The van der Waals surface area contributed by atoms with E-state index in [0.29, 0.717) is 11.6 Å². The standard InChI is InChI=1S/C14H19N5/c15-9-5-1-2-6-10(9)18-14-13(16)17-11-7-3-4-8-12(11)19-14/h3-4,7-10H,1-2,5-6,15H2,(H2,16,17)(H,18,19)/t9-,10-/m1/s1. The number of hydrogen-bond acceptors (Lipinski definition) is 5. The summed E-state index contributed by atoms with van der Waals surface area (Å²) in [5.74, 6) is 1.09. The molecule has 2 aromatic rings. The smallest absolute Gasteiger partial charge is 0.169 e. The van der Waals surface area contributed by atoms with E-state index in [1.807, 2.05) is 24.3 Å². The van der Waals surface area contributed by atoms with Gasteiger partial charge >= 0.3 is 0 Å². The van der Waals surface area contributed by atoms with E-state index >= 15 is 0 Å². The molecule has 1 aromatic heterocycles. The molecule has 0 aliphatic heterocycles. The Morgan fingerprint density at radius 1 is 1.05 bits per heavy atom. The first-order chi connectivity index (χ1) is 9.24. The Hall–Kier alpha value is -1.88. The zero-order valence-electron chi connectivity index (χ0n) is 10.8. The molecule has 0 amide bonds. The normalized spacial score (nSPS) is 23.4. The molecular weight excluding hydrogens is 238 g/mol. The van der Waals surface area contributed by atoms with Gasteiger partial charge < -0.3 is 16.8 Å². The molecule has 0 radical (unpaired) electrons. The zero-order valence-corrected chi connectivity index (χ0v) is 10.8. The lowest BCUT2D eigenvalue weighted by Crippen LogP contribution is -2.42. The largest absolute Gasteiger partial charge is 0.381 e. The third kappa shape index (κ3) is 2.46. The second-order valence-electron chi connectivity index (χ2n) is 5.15. The van der Waals surface area contributed by atoms with E-state index in [2.05, 4.69) is 15.3 Å². The molecule has 5 nitrogen and oxygen atoms in total. The van der Waals surface area contributed by atoms with Crippen molar-refractivity contribution >= 4 is 22.7 Å². The molecule has 1 fully saturated rings. The lowest BCUT2D eigenvalue weighted by Gasteiger charge is -2.29. The molecule has 0 spiro atoms. The van der Waals surface area contributed by atoms with Crippen molar-refractivity contribution in [3.8, 4) is 0 Å². The summed E-state index contributed by atoms with van der Waals surface area (Å²) in [6.45, 7) is 0. The van der Waals surface area contributed by atoms with Crippen LogP contribution in [0.5, 0.6) is 0 Å². The Morgan fingerprint density at radius 2 is 1.74 bits per heavy atom. The van der Waals surface area contributed by atoms with Gasteiger partial charge in [0.15, 0.2) is 11.6 Å². The number of nitrogen functional groups attached to an aromatic ring is 1. The van der Waals surface area contributed by atoms with Crippen molar-refractivity contribution in [1.29, 1.82) is 0 Å². The highest BCUT2D eigenvalue weighted by molar-refractivity contribution is 5.79. The van der Waals surface area contributed by atoms with Crippen molar-refractivity contribution in [2.24, 2.45) is 5.73 Å². The van der Waals surface area contributed by atoms with Crippen molar-refractivity contribution < 1.29 is 0 Å². The van der Waals surface area contributed by atoms with Crippen LogP contribution in [0.25, 0.3) is 11.0 Å². The number of rotatable bonds is 2. The van der Waals surface area contributed by atoms with Crippen LogP contribution >= 0.6 is 0 Å². The van der Waals surface area contributed by atoms with E-state index in [4.69, 9.17) is 11.5 Å². The third-order valence-corrected chi connectivity index (χ3v) is 3.74. The number of fused-ring (bicyclic) bond motifs is 1. The quantitative estimate of drug-likeness (QED) is 0.764. The molecule has 0 unspecified atom stereocenters. The van der Waals surface area contributed by atoms with Gasteiger partial charge in [-0.25, -0.2) is 9.97 Å². The number of para-hydroxylation sites is 2. The van der Waals surface area contributed by atoms with E-state index in [1.165, 1.54) is 12.8 Å². The Kier molecular flexibility index (Phi) is 3.21. The van der Waals surface area contributed by atoms with Gasteiger partial charge in [-0.1, -0.05) is 25.0 Å². The molecule has 1 aromatic carbocycles. The number of anilines is 2. The van der Waals surface area contributed by atoms with Crippen LogP contribution in [-0.4, -0.2) is 22.1 Å². The van der Waals surface area contributed by atoms with Gasteiger partial charge in [0.05, 0.1) is 11.0 Å². The van der Waals surface area contributed by atoms with E-state index in [-0.39, 0.29) is 12.1 Å². The minimum Gasteiger partial charge on any atom is -0.381 e.